The van der Waals surface area contributed by atoms with Gasteiger partial charge in [0.1, 0.15) is 23.9 Å². The summed E-state index contributed by atoms with van der Waals surface area (Å²) in [6.45, 7) is 3.79. The minimum Gasteiger partial charge on any atom is -0.390 e. The molecule has 0 aromatic heterocycles. The summed E-state index contributed by atoms with van der Waals surface area (Å²) in [5, 5.41) is 41.5. The monoisotopic (exact) mass is 514 g/mol. The number of ether oxygens (including phenoxy) is 2. The van der Waals surface area contributed by atoms with E-state index >= 15 is 0 Å². The maximum Gasteiger partial charge on any atom is 0.247 e. The fourth-order valence-corrected chi connectivity index (χ4v) is 4.30. The summed E-state index contributed by atoms with van der Waals surface area (Å²) in [5.74, 6) is -0.231. The number of nitrogens with two attached hydrogens (primary N) is 1. The second-order valence-corrected chi connectivity index (χ2v) is 9.71. The number of aliphatic hydroxyl groups excluding tert-OH is 3. The van der Waals surface area contributed by atoms with Gasteiger partial charge in [0.2, 0.25) is 5.91 Å². The van der Waals surface area contributed by atoms with Gasteiger partial charge in [0.05, 0.1) is 24.8 Å². The Labute approximate surface area is 217 Å². The van der Waals surface area contributed by atoms with Gasteiger partial charge in [-0.2, -0.15) is 0 Å². The van der Waals surface area contributed by atoms with E-state index in [0.717, 1.165) is 0 Å². The van der Waals surface area contributed by atoms with Crippen LogP contribution in [-0.2, 0) is 14.3 Å². The number of allylic oxidation sites excluding steroid dienone is 10. The fraction of sp³-hybridized carbons (Fsp3) is 0.464. The molecule has 6 N–H and O–H groups in total. The predicted molar refractivity (Wildman–Crippen MR) is 140 cm³/mol. The van der Waals surface area contributed by atoms with Crippen LogP contribution in [0.1, 0.15) is 13.8 Å². The Bertz CT molecular complexity index is 981. The number of carbonyl (C=O) groups is 1. The van der Waals surface area contributed by atoms with Crippen molar-refractivity contribution in [3.05, 3.63) is 85.1 Å². The van der Waals surface area contributed by atoms with E-state index in [1.807, 2.05) is 13.0 Å². The lowest BCUT2D eigenvalue weighted by atomic mass is 9.96. The first-order valence-electron chi connectivity index (χ1n) is 12.4. The van der Waals surface area contributed by atoms with Crippen LogP contribution in [0, 0.1) is 5.92 Å². The van der Waals surface area contributed by atoms with Crippen molar-refractivity contribution < 1.29 is 34.7 Å². The quantitative estimate of drug-likeness (QED) is 0.361. The molecule has 0 bridgehead atoms. The first-order valence-corrected chi connectivity index (χ1v) is 12.4. The van der Waals surface area contributed by atoms with E-state index in [-0.39, 0.29) is 18.4 Å². The molecule has 0 aromatic rings. The van der Waals surface area contributed by atoms with Crippen molar-refractivity contribution in [2.75, 3.05) is 13.2 Å². The van der Waals surface area contributed by atoms with Gasteiger partial charge in [0, 0.05) is 18.5 Å². The zero-order valence-corrected chi connectivity index (χ0v) is 21.2. The molecule has 3 heterocycles. The van der Waals surface area contributed by atoms with Crippen LogP contribution in [0.25, 0.3) is 0 Å². The van der Waals surface area contributed by atoms with Crippen LogP contribution in [0.4, 0.5) is 0 Å². The summed E-state index contributed by atoms with van der Waals surface area (Å²) in [4.78, 5) is 14.4. The third-order valence-electron chi connectivity index (χ3n) is 6.61. The molecule has 37 heavy (non-hydrogen) atoms. The molecule has 3 aliphatic rings. The molecule has 0 aliphatic carbocycles. The predicted octanol–water partition coefficient (Wildman–Crippen LogP) is 0.643. The summed E-state index contributed by atoms with van der Waals surface area (Å²) < 4.78 is 11.4. The molecular formula is C28H38N2O7. The maximum atomic E-state index is 12.7. The van der Waals surface area contributed by atoms with Crippen molar-refractivity contribution in [3.63, 3.8) is 0 Å². The van der Waals surface area contributed by atoms with Gasteiger partial charge in [-0.15, -0.1) is 0 Å². The average molecular weight is 515 g/mol. The Morgan fingerprint density at radius 1 is 0.973 bits per heavy atom. The van der Waals surface area contributed by atoms with Crippen molar-refractivity contribution in [2.45, 2.75) is 62.2 Å². The van der Waals surface area contributed by atoms with E-state index in [9.17, 15) is 25.2 Å². The second-order valence-electron chi connectivity index (χ2n) is 9.71. The highest BCUT2D eigenvalue weighted by Gasteiger charge is 2.41. The Morgan fingerprint density at radius 3 is 2.32 bits per heavy atom. The first-order chi connectivity index (χ1) is 17.6. The lowest BCUT2D eigenvalue weighted by Gasteiger charge is -2.39. The van der Waals surface area contributed by atoms with Gasteiger partial charge in [0.15, 0.2) is 6.29 Å². The zero-order chi connectivity index (χ0) is 27.0. The van der Waals surface area contributed by atoms with Crippen molar-refractivity contribution in [3.8, 4) is 0 Å². The normalized spacial score (nSPS) is 45.5. The highest BCUT2D eigenvalue weighted by Crippen LogP contribution is 2.26. The van der Waals surface area contributed by atoms with E-state index in [0.29, 0.717) is 6.54 Å². The minimum absolute atomic E-state index is 0.0309. The van der Waals surface area contributed by atoms with E-state index < -0.39 is 48.4 Å². The molecule has 0 spiro atoms. The van der Waals surface area contributed by atoms with Crippen LogP contribution in [-0.4, -0.2) is 92.8 Å². The molecule has 2 fully saturated rings. The van der Waals surface area contributed by atoms with Crippen LogP contribution < -0.4 is 5.73 Å². The molecule has 0 saturated carbocycles. The number of fused-ring (bicyclic) bond motifs is 1. The number of rotatable bonds is 2. The van der Waals surface area contributed by atoms with Crippen LogP contribution in [0.15, 0.2) is 85.1 Å². The SMILES string of the molecule is C[C@H]1CN2C(=O)/C=C/C=C/C=C/[C@@](C)(O)C(O[C@@H]3OC[C@@H](O)[C@H](O)[C@H]3N)\C=C/C=C/C=C/C=C\[C@@H]2[C@@H]1O. The van der Waals surface area contributed by atoms with E-state index in [2.05, 4.69) is 0 Å². The van der Waals surface area contributed by atoms with Crippen LogP contribution >= 0.6 is 0 Å². The zero-order valence-electron chi connectivity index (χ0n) is 21.2. The number of amides is 1. The standard InChI is InChI=1S/C28H38N2O7/c1-19-17-30-20(25(19)33)13-9-5-3-4-6-10-14-22(37-27-24(29)26(34)21(31)18-36-27)28(2,35)16-12-8-7-11-15-23(30)32/h3-16,19-22,24-27,31,33-35H,17-18,29H2,1-2H3/b5-3+,6-4+,8-7+,13-9-,14-10-,15-11+,16-12+/t19-,20+,21+,22?,24+,25+,26-,27-,28+/m0/s1. The van der Waals surface area contributed by atoms with Crippen LogP contribution in [0.3, 0.4) is 0 Å². The molecule has 1 unspecified atom stereocenters. The maximum absolute atomic E-state index is 12.7. The van der Waals surface area contributed by atoms with E-state index in [1.54, 1.807) is 78.7 Å². The third kappa shape index (κ3) is 7.68. The Morgan fingerprint density at radius 2 is 1.59 bits per heavy atom. The summed E-state index contributed by atoms with van der Waals surface area (Å²) in [5.41, 5.74) is 4.49. The number of hydrogen-bond donors (Lipinski definition) is 5. The van der Waals surface area contributed by atoms with Crippen molar-refractivity contribution >= 4 is 5.91 Å². The Kier molecular flexibility index (Phi) is 10.4. The smallest absolute Gasteiger partial charge is 0.247 e. The van der Waals surface area contributed by atoms with Crippen molar-refractivity contribution in [2.24, 2.45) is 11.7 Å². The van der Waals surface area contributed by atoms with Crippen molar-refractivity contribution in [1.82, 2.24) is 4.90 Å². The number of nitrogens with zero attached hydrogens (tertiary/aromatic N) is 1. The Hall–Kier alpha value is -2.63. The minimum atomic E-state index is -1.49. The molecular weight excluding hydrogens is 476 g/mol. The number of carbonyl (C=O) groups excluding carboxylic acids is 1. The average Bonchev–Trinajstić information content (AvgIpc) is 3.14. The van der Waals surface area contributed by atoms with E-state index in [4.69, 9.17) is 15.2 Å². The molecule has 0 aromatic carbocycles. The topological polar surface area (TPSA) is 146 Å². The fourth-order valence-electron chi connectivity index (χ4n) is 4.30. The van der Waals surface area contributed by atoms with Gasteiger partial charge in [-0.25, -0.2) is 0 Å². The van der Waals surface area contributed by atoms with Crippen LogP contribution in [0.2, 0.25) is 0 Å². The summed E-state index contributed by atoms with van der Waals surface area (Å²) in [6.07, 6.45) is 18.7. The molecule has 3 rings (SSSR count). The first kappa shape index (κ1) is 28.9. The van der Waals surface area contributed by atoms with Gasteiger partial charge < -0.3 is 40.5 Å². The lowest BCUT2D eigenvalue weighted by molar-refractivity contribution is -0.251. The highest BCUT2D eigenvalue weighted by atomic mass is 16.7. The van der Waals surface area contributed by atoms with Gasteiger partial charge in [-0.3, -0.25) is 4.79 Å². The second kappa shape index (κ2) is 13.3. The van der Waals surface area contributed by atoms with E-state index in [1.165, 1.54) is 12.2 Å². The summed E-state index contributed by atoms with van der Waals surface area (Å²) >= 11 is 0. The van der Waals surface area contributed by atoms with Gasteiger partial charge in [-0.1, -0.05) is 85.9 Å². The van der Waals surface area contributed by atoms with Gasteiger partial charge in [-0.05, 0) is 6.92 Å². The molecule has 0 radical (unpaired) electrons. The molecule has 9 atom stereocenters. The lowest BCUT2D eigenvalue weighted by Crippen LogP contribution is -2.59. The Balaban J connectivity index is 1.83. The molecule has 9 heteroatoms. The van der Waals surface area contributed by atoms with Crippen molar-refractivity contribution in [1.29, 1.82) is 0 Å². The number of hydrogen-bond acceptors (Lipinski definition) is 8. The molecule has 2 saturated heterocycles. The molecule has 1 amide bonds. The summed E-state index contributed by atoms with van der Waals surface area (Å²) in [7, 11) is 0. The summed E-state index contributed by atoms with van der Waals surface area (Å²) in [6, 6.07) is -1.41. The van der Waals surface area contributed by atoms with Gasteiger partial charge in [0.25, 0.3) is 0 Å². The third-order valence-corrected chi connectivity index (χ3v) is 6.61. The van der Waals surface area contributed by atoms with Gasteiger partial charge >= 0.3 is 0 Å². The molecule has 9 nitrogen and oxygen atoms in total. The van der Waals surface area contributed by atoms with Crippen LogP contribution in [0.5, 0.6) is 0 Å². The number of aliphatic hydroxyl groups is 4. The molecule has 202 valence electrons. The molecule has 3 aliphatic heterocycles. The highest BCUT2D eigenvalue weighted by molar-refractivity contribution is 5.88. The largest absolute Gasteiger partial charge is 0.390 e.